The van der Waals surface area contributed by atoms with E-state index in [4.69, 9.17) is 19.4 Å². The number of nitrogens with zero attached hydrogens (tertiary/aromatic N) is 4. The van der Waals surface area contributed by atoms with E-state index in [-0.39, 0.29) is 33.0 Å². The molecule has 29 heavy (non-hydrogen) atoms. The second-order valence-corrected chi connectivity index (χ2v) is 6.63. The fourth-order valence-corrected chi connectivity index (χ4v) is 1.25. The minimum Gasteiger partial charge on any atom is -0.265 e. The van der Waals surface area contributed by atoms with Crippen molar-refractivity contribution in [1.82, 2.24) is 19.9 Å². The summed E-state index contributed by atoms with van der Waals surface area (Å²) in [6.45, 7) is 0. The van der Waals surface area contributed by atoms with E-state index >= 15 is 0 Å². The topological polar surface area (TPSA) is 83.1 Å². The maximum absolute atomic E-state index is 4.83. The van der Waals surface area contributed by atoms with E-state index in [1.165, 1.54) is 0 Å². The third kappa shape index (κ3) is 31.0. The molecule has 0 bridgehead atoms. The van der Waals surface area contributed by atoms with Gasteiger partial charge < -0.3 is 17.9 Å². The number of hydrogen-bond donors (Lipinski definition) is 0. The maximum Gasteiger partial charge on any atom is 0.0267 e. The van der Waals surface area contributed by atoms with Crippen LogP contribution in [0.3, 0.4) is 0 Å². The molecule has 4 heterocycles. The summed E-state index contributed by atoms with van der Waals surface area (Å²) in [6, 6.07) is 22.9. The molecule has 158 valence electrons. The Morgan fingerprint density at radius 1 is 0.379 bits per heavy atom. The van der Waals surface area contributed by atoms with Crippen LogP contribution in [-0.2, 0) is 15.1 Å². The van der Waals surface area contributed by atoms with Crippen LogP contribution in [0.4, 0.5) is 0 Å². The summed E-state index contributed by atoms with van der Waals surface area (Å²) in [5, 5.41) is 0. The molecule has 0 fully saturated rings. The molecule has 0 aliphatic carbocycles. The van der Waals surface area contributed by atoms with Crippen LogP contribution in [0.2, 0.25) is 0 Å². The molecule has 0 radical (unpaired) electrons. The first-order valence-electron chi connectivity index (χ1n) is 7.65. The first kappa shape index (κ1) is 31.7. The average molecular weight is 544 g/mol. The minimum atomic E-state index is -0.226. The van der Waals surface area contributed by atoms with E-state index in [1.54, 1.807) is 49.6 Å². The largest absolute Gasteiger partial charge is 0.265 e. The van der Waals surface area contributed by atoms with E-state index in [9.17, 15) is 0 Å². The normalized spacial score (nSPS) is 7.38. The van der Waals surface area contributed by atoms with Crippen molar-refractivity contribution in [2.45, 2.75) is 0 Å². The Morgan fingerprint density at radius 2 is 0.517 bits per heavy atom. The Kier molecular flexibility index (Phi) is 33.7. The second-order valence-electron chi connectivity index (χ2n) is 4.15. The van der Waals surface area contributed by atoms with Crippen molar-refractivity contribution in [1.29, 1.82) is 0 Å². The molecule has 0 aliphatic heterocycles. The summed E-state index contributed by atoms with van der Waals surface area (Å²) < 4.78 is 0. The molecule has 0 aliphatic rings. The van der Waals surface area contributed by atoms with Crippen LogP contribution >= 0.6 is 19.4 Å². The molecule has 5 nitrogen and oxygen atoms in total. The van der Waals surface area contributed by atoms with Crippen molar-refractivity contribution >= 4 is 19.4 Å². The molecular formula is C20H22Cl3N4ORh. The van der Waals surface area contributed by atoms with Gasteiger partial charge in [0.15, 0.2) is 0 Å². The van der Waals surface area contributed by atoms with Gasteiger partial charge in [-0.2, -0.15) is 0 Å². The Balaban J connectivity index is -0.000000291. The standard InChI is InChI=1S/4C5H5N.3ClH.H2O.Rh/c4*1-2-4-6-5-3-1;;;;;/h4*1-5H;3*1H;1H2;/q;;;;;;;;+3/p-3. The van der Waals surface area contributed by atoms with E-state index < -0.39 is 0 Å². The summed E-state index contributed by atoms with van der Waals surface area (Å²) in [5.41, 5.74) is 0. The van der Waals surface area contributed by atoms with Crippen molar-refractivity contribution < 1.29 is 33.0 Å². The van der Waals surface area contributed by atoms with Gasteiger partial charge in [0.05, 0.1) is 0 Å². The maximum atomic E-state index is 4.83. The van der Waals surface area contributed by atoms with Gasteiger partial charge in [-0.15, -0.1) is 0 Å². The zero-order valence-corrected chi connectivity index (χ0v) is 19.2. The average Bonchev–Trinajstić information content (AvgIpc) is 2.80. The van der Waals surface area contributed by atoms with Crippen LogP contribution in [0.5, 0.6) is 0 Å². The molecular weight excluding hydrogens is 522 g/mol. The molecule has 0 spiro atoms. The molecule has 4 aromatic rings. The second kappa shape index (κ2) is 30.8. The molecule has 0 atom stereocenters. The van der Waals surface area contributed by atoms with Crippen LogP contribution in [0.25, 0.3) is 0 Å². The van der Waals surface area contributed by atoms with E-state index in [1.807, 2.05) is 72.8 Å². The molecule has 0 unspecified atom stereocenters. The fraction of sp³-hybridized carbons (Fsp3) is 0. The molecule has 0 aromatic carbocycles. The third-order valence-corrected chi connectivity index (χ3v) is 2.27. The van der Waals surface area contributed by atoms with Gasteiger partial charge in [0, 0.05) is 49.6 Å². The summed E-state index contributed by atoms with van der Waals surface area (Å²) in [4.78, 5) is 15.1. The number of halogens is 3. The molecule has 2 N–H and O–H groups in total. The molecule has 0 saturated heterocycles. The smallest absolute Gasteiger partial charge is 0.0267 e. The number of pyridine rings is 4. The predicted molar refractivity (Wildman–Crippen MR) is 112 cm³/mol. The van der Waals surface area contributed by atoms with Gasteiger partial charge in [-0.05, 0) is 48.5 Å². The van der Waals surface area contributed by atoms with Gasteiger partial charge >= 0.3 is 34.5 Å². The van der Waals surface area contributed by atoms with Gasteiger partial charge in [-0.1, -0.05) is 24.3 Å². The number of aromatic nitrogens is 4. The van der Waals surface area contributed by atoms with Gasteiger partial charge in [0.25, 0.3) is 0 Å². The molecule has 0 saturated carbocycles. The first-order chi connectivity index (χ1) is 13.4. The van der Waals surface area contributed by atoms with Crippen LogP contribution in [0.1, 0.15) is 0 Å². The summed E-state index contributed by atoms with van der Waals surface area (Å²) in [7, 11) is 9.67. The summed E-state index contributed by atoms with van der Waals surface area (Å²) in [6.07, 6.45) is 14.0. The monoisotopic (exact) mass is 542 g/mol. The Bertz CT molecular complexity index is 470. The zero-order chi connectivity index (χ0) is 19.7. The van der Waals surface area contributed by atoms with Crippen LogP contribution in [0.15, 0.2) is 122 Å². The number of hydrogen-bond acceptors (Lipinski definition) is 4. The van der Waals surface area contributed by atoms with Crippen molar-refractivity contribution in [2.24, 2.45) is 0 Å². The molecule has 0 amide bonds. The first-order valence-corrected chi connectivity index (χ1v) is 11.9. The predicted octanol–water partition coefficient (Wildman–Crippen LogP) is 1.88. The SMILES string of the molecule is O.[Cl-].[Cl][Rh+][Cl].c1ccncc1.c1ccncc1.c1ccncc1.c1ccncc1. The van der Waals surface area contributed by atoms with E-state index in [0.717, 1.165) is 0 Å². The summed E-state index contributed by atoms with van der Waals surface area (Å²) >= 11 is -0.226. The van der Waals surface area contributed by atoms with Crippen molar-refractivity contribution in [3.63, 3.8) is 0 Å². The van der Waals surface area contributed by atoms with Crippen molar-refractivity contribution in [3.05, 3.63) is 122 Å². The van der Waals surface area contributed by atoms with Gasteiger partial charge in [0.2, 0.25) is 0 Å². The van der Waals surface area contributed by atoms with Crippen LogP contribution in [-0.4, -0.2) is 25.4 Å². The Morgan fingerprint density at radius 3 is 0.552 bits per heavy atom. The quantitative estimate of drug-likeness (QED) is 0.317. The summed E-state index contributed by atoms with van der Waals surface area (Å²) in [5.74, 6) is 0. The number of rotatable bonds is 0. The van der Waals surface area contributed by atoms with Gasteiger partial charge in [0.1, 0.15) is 0 Å². The zero-order valence-electron chi connectivity index (χ0n) is 15.3. The Labute approximate surface area is 194 Å². The molecule has 4 aromatic heterocycles. The van der Waals surface area contributed by atoms with Crippen LogP contribution in [0, 0.1) is 0 Å². The van der Waals surface area contributed by atoms with Crippen molar-refractivity contribution in [2.75, 3.05) is 0 Å². The van der Waals surface area contributed by atoms with E-state index in [2.05, 4.69) is 19.9 Å². The van der Waals surface area contributed by atoms with Gasteiger partial charge in [-0.3, -0.25) is 19.9 Å². The van der Waals surface area contributed by atoms with Crippen LogP contribution < -0.4 is 12.4 Å². The third-order valence-electron chi connectivity index (χ3n) is 2.27. The van der Waals surface area contributed by atoms with E-state index in [0.29, 0.717) is 0 Å². The van der Waals surface area contributed by atoms with Gasteiger partial charge in [-0.25, -0.2) is 0 Å². The Hall–Kier alpha value is -1.95. The fourth-order valence-electron chi connectivity index (χ4n) is 1.25. The molecule has 4 rings (SSSR count). The minimum absolute atomic E-state index is 0. The van der Waals surface area contributed by atoms with Crippen molar-refractivity contribution in [3.8, 4) is 0 Å². The molecule has 9 heteroatoms.